The van der Waals surface area contributed by atoms with Crippen LogP contribution in [-0.2, 0) is 0 Å². The summed E-state index contributed by atoms with van der Waals surface area (Å²) in [5, 5.41) is 2.54. The Morgan fingerprint density at radius 3 is 2.68 bits per heavy atom. The van der Waals surface area contributed by atoms with E-state index in [1.807, 2.05) is 0 Å². The fourth-order valence-corrected chi connectivity index (χ4v) is 1.64. The molecule has 2 rings (SSSR count). The highest BCUT2D eigenvalue weighted by Crippen LogP contribution is 2.18. The van der Waals surface area contributed by atoms with Gasteiger partial charge >= 0.3 is 0 Å². The molecule has 1 aromatic carbocycles. The van der Waals surface area contributed by atoms with Crippen LogP contribution in [-0.4, -0.2) is 18.0 Å². The van der Waals surface area contributed by atoms with Crippen LogP contribution in [0, 0.1) is 5.82 Å². The number of nitrogens with zero attached hydrogens (tertiary/aromatic N) is 1. The first-order chi connectivity index (χ1) is 9.10. The highest BCUT2D eigenvalue weighted by Gasteiger charge is 2.12. The summed E-state index contributed by atoms with van der Waals surface area (Å²) in [7, 11) is 1.55. The van der Waals surface area contributed by atoms with Gasteiger partial charge in [-0.3, -0.25) is 4.79 Å². The lowest BCUT2D eigenvalue weighted by molar-refractivity contribution is 0.102. The molecule has 0 aliphatic carbocycles. The molecule has 0 fully saturated rings. The zero-order valence-corrected chi connectivity index (χ0v) is 10.7. The summed E-state index contributed by atoms with van der Waals surface area (Å²) in [6.45, 7) is 0. The van der Waals surface area contributed by atoms with E-state index in [0.717, 1.165) is 12.3 Å². The summed E-state index contributed by atoms with van der Waals surface area (Å²) in [4.78, 5) is 15.5. The third-order valence-corrected chi connectivity index (χ3v) is 2.70. The second-order valence-electron chi connectivity index (χ2n) is 3.67. The van der Waals surface area contributed by atoms with Crippen LogP contribution in [0.2, 0.25) is 5.15 Å². The van der Waals surface area contributed by atoms with Crippen LogP contribution in [0.4, 0.5) is 10.1 Å². The number of anilines is 1. The number of halogens is 2. The second-order valence-corrected chi connectivity index (χ2v) is 4.03. The van der Waals surface area contributed by atoms with Crippen molar-refractivity contribution in [2.45, 2.75) is 0 Å². The monoisotopic (exact) mass is 280 g/mol. The number of rotatable bonds is 3. The first-order valence-electron chi connectivity index (χ1n) is 5.36. The van der Waals surface area contributed by atoms with Gasteiger partial charge in [-0.15, -0.1) is 0 Å². The largest absolute Gasteiger partial charge is 0.497 e. The molecule has 0 spiro atoms. The Labute approximate surface area is 114 Å². The van der Waals surface area contributed by atoms with E-state index in [1.54, 1.807) is 31.4 Å². The predicted molar refractivity (Wildman–Crippen MR) is 70.2 cm³/mol. The van der Waals surface area contributed by atoms with Gasteiger partial charge in [0.05, 0.1) is 18.9 Å². The first-order valence-corrected chi connectivity index (χ1v) is 5.74. The Hall–Kier alpha value is -2.14. The van der Waals surface area contributed by atoms with Crippen LogP contribution in [0.15, 0.2) is 36.5 Å². The molecular formula is C13H10ClFN2O2. The van der Waals surface area contributed by atoms with E-state index >= 15 is 0 Å². The Balaban J connectivity index is 2.18. The van der Waals surface area contributed by atoms with Crippen molar-refractivity contribution < 1.29 is 13.9 Å². The second kappa shape index (κ2) is 5.67. The first kappa shape index (κ1) is 13.3. The van der Waals surface area contributed by atoms with Gasteiger partial charge < -0.3 is 10.1 Å². The minimum Gasteiger partial charge on any atom is -0.497 e. The maximum atomic E-state index is 13.0. The molecule has 0 bridgehead atoms. The van der Waals surface area contributed by atoms with Gasteiger partial charge in [0.2, 0.25) is 0 Å². The number of pyridine rings is 1. The van der Waals surface area contributed by atoms with Gasteiger partial charge in [-0.05, 0) is 30.3 Å². The summed E-state index contributed by atoms with van der Waals surface area (Å²) in [5.74, 6) is -0.477. The minimum absolute atomic E-state index is 0.0162. The molecule has 0 atom stereocenters. The van der Waals surface area contributed by atoms with E-state index in [1.165, 1.54) is 0 Å². The van der Waals surface area contributed by atoms with Crippen LogP contribution in [0.5, 0.6) is 5.75 Å². The maximum Gasteiger partial charge on any atom is 0.258 e. The molecule has 6 heteroatoms. The number of hydrogen-bond donors (Lipinski definition) is 1. The fourth-order valence-electron chi connectivity index (χ4n) is 1.45. The quantitative estimate of drug-likeness (QED) is 0.879. The Kier molecular flexibility index (Phi) is 3.97. The van der Waals surface area contributed by atoms with Crippen molar-refractivity contribution >= 4 is 23.2 Å². The smallest absolute Gasteiger partial charge is 0.258 e. The van der Waals surface area contributed by atoms with Gasteiger partial charge in [-0.1, -0.05) is 11.6 Å². The molecule has 0 unspecified atom stereocenters. The van der Waals surface area contributed by atoms with Gasteiger partial charge in [0.25, 0.3) is 5.91 Å². The molecule has 2 aromatic rings. The standard InChI is InChI=1S/C13H10ClFN2O2/c1-19-10-4-2-9(3-5-10)17-13(18)11-6-8(15)7-16-12(11)14/h2-7H,1H3,(H,17,18). The number of benzene rings is 1. The molecule has 0 radical (unpaired) electrons. The molecule has 4 nitrogen and oxygen atoms in total. The lowest BCUT2D eigenvalue weighted by Crippen LogP contribution is -2.13. The summed E-state index contributed by atoms with van der Waals surface area (Å²) < 4.78 is 18.0. The molecule has 0 saturated heterocycles. The lowest BCUT2D eigenvalue weighted by Gasteiger charge is -2.07. The predicted octanol–water partition coefficient (Wildman–Crippen LogP) is 3.14. The molecule has 0 aliphatic heterocycles. The number of methoxy groups -OCH3 is 1. The molecule has 1 heterocycles. The van der Waals surface area contributed by atoms with E-state index in [9.17, 15) is 9.18 Å². The number of amides is 1. The number of carbonyl (C=O) groups excluding carboxylic acids is 1. The van der Waals surface area contributed by atoms with Crippen LogP contribution in [0.3, 0.4) is 0 Å². The molecule has 0 aliphatic rings. The van der Waals surface area contributed by atoms with Crippen molar-refractivity contribution in [3.05, 3.63) is 53.1 Å². The van der Waals surface area contributed by atoms with Crippen molar-refractivity contribution in [3.63, 3.8) is 0 Å². The maximum absolute atomic E-state index is 13.0. The molecule has 98 valence electrons. The van der Waals surface area contributed by atoms with Gasteiger partial charge in [-0.2, -0.15) is 0 Å². The topological polar surface area (TPSA) is 51.2 Å². The molecule has 0 saturated carbocycles. The summed E-state index contributed by atoms with van der Waals surface area (Å²) in [6.07, 6.45) is 0.951. The van der Waals surface area contributed by atoms with E-state index in [0.29, 0.717) is 11.4 Å². The average molecular weight is 281 g/mol. The average Bonchev–Trinajstić information content (AvgIpc) is 2.42. The lowest BCUT2D eigenvalue weighted by atomic mass is 10.2. The minimum atomic E-state index is -0.621. The Morgan fingerprint density at radius 2 is 2.05 bits per heavy atom. The van der Waals surface area contributed by atoms with Crippen molar-refractivity contribution in [1.29, 1.82) is 0 Å². The van der Waals surface area contributed by atoms with Crippen molar-refractivity contribution in [3.8, 4) is 5.75 Å². The van der Waals surface area contributed by atoms with E-state index in [4.69, 9.17) is 16.3 Å². The van der Waals surface area contributed by atoms with Crippen LogP contribution in [0.25, 0.3) is 0 Å². The van der Waals surface area contributed by atoms with Crippen LogP contribution in [0.1, 0.15) is 10.4 Å². The highest BCUT2D eigenvalue weighted by molar-refractivity contribution is 6.33. The van der Waals surface area contributed by atoms with E-state index in [-0.39, 0.29) is 10.7 Å². The van der Waals surface area contributed by atoms with Crippen LogP contribution >= 0.6 is 11.6 Å². The SMILES string of the molecule is COc1ccc(NC(=O)c2cc(F)cnc2Cl)cc1. The van der Waals surface area contributed by atoms with Gasteiger partial charge in [0.15, 0.2) is 0 Å². The van der Waals surface area contributed by atoms with Crippen molar-refractivity contribution in [2.75, 3.05) is 12.4 Å². The summed E-state index contributed by atoms with van der Waals surface area (Å²) in [5.41, 5.74) is 0.531. The summed E-state index contributed by atoms with van der Waals surface area (Å²) in [6, 6.07) is 7.75. The van der Waals surface area contributed by atoms with E-state index < -0.39 is 11.7 Å². The third kappa shape index (κ3) is 3.20. The van der Waals surface area contributed by atoms with Crippen molar-refractivity contribution in [2.24, 2.45) is 0 Å². The Morgan fingerprint density at radius 1 is 1.37 bits per heavy atom. The number of hydrogen-bond acceptors (Lipinski definition) is 3. The fraction of sp³-hybridized carbons (Fsp3) is 0.0769. The van der Waals surface area contributed by atoms with Gasteiger partial charge in [-0.25, -0.2) is 9.37 Å². The van der Waals surface area contributed by atoms with Gasteiger partial charge in [0.1, 0.15) is 16.7 Å². The summed E-state index contributed by atoms with van der Waals surface area (Å²) >= 11 is 5.75. The molecule has 1 N–H and O–H groups in total. The highest BCUT2D eigenvalue weighted by atomic mass is 35.5. The molecular weight excluding hydrogens is 271 g/mol. The number of aromatic nitrogens is 1. The van der Waals surface area contributed by atoms with E-state index in [2.05, 4.69) is 10.3 Å². The third-order valence-electron chi connectivity index (χ3n) is 2.40. The number of carbonyl (C=O) groups is 1. The number of nitrogens with one attached hydrogen (secondary N) is 1. The number of ether oxygens (including phenoxy) is 1. The van der Waals surface area contributed by atoms with Crippen LogP contribution < -0.4 is 10.1 Å². The normalized spacial score (nSPS) is 10.1. The Bertz CT molecular complexity index is 602. The van der Waals surface area contributed by atoms with Gasteiger partial charge in [0, 0.05) is 5.69 Å². The van der Waals surface area contributed by atoms with Crippen molar-refractivity contribution in [1.82, 2.24) is 4.98 Å². The molecule has 1 aromatic heterocycles. The zero-order chi connectivity index (χ0) is 13.8. The zero-order valence-electron chi connectivity index (χ0n) is 9.98. The molecule has 1 amide bonds. The molecule has 19 heavy (non-hydrogen) atoms.